The van der Waals surface area contributed by atoms with Gasteiger partial charge in [0.15, 0.2) is 0 Å². The average molecular weight is 203 g/mol. The summed E-state index contributed by atoms with van der Waals surface area (Å²) in [5.41, 5.74) is 8.01. The van der Waals surface area contributed by atoms with E-state index in [1.54, 1.807) is 0 Å². The van der Waals surface area contributed by atoms with Crippen molar-refractivity contribution in [2.45, 2.75) is 24.2 Å². The molecule has 1 saturated heterocycles. The van der Waals surface area contributed by atoms with Crippen LogP contribution in [0.4, 0.5) is 0 Å². The SMILES string of the molecule is [N-]=[N+]=NS(=O)(=O)C1CC(C2CO2)C1. The standard InChI is InChI=1S/C6H9N3O3S/c7-8-9-13(10,11)5-1-4(2-5)6-3-12-6/h4-6H,1-3H2. The molecule has 0 aromatic rings. The summed E-state index contributed by atoms with van der Waals surface area (Å²) in [4.78, 5) is 2.30. The van der Waals surface area contributed by atoms with Crippen molar-refractivity contribution in [2.24, 2.45) is 10.4 Å². The van der Waals surface area contributed by atoms with Crippen LogP contribution in [-0.4, -0.2) is 26.4 Å². The van der Waals surface area contributed by atoms with E-state index in [9.17, 15) is 8.42 Å². The molecular weight excluding hydrogens is 194 g/mol. The first-order chi connectivity index (χ1) is 6.13. The van der Waals surface area contributed by atoms with Crippen LogP contribution < -0.4 is 0 Å². The Hall–Kier alpha value is -0.780. The molecular formula is C6H9N3O3S. The fourth-order valence-electron chi connectivity index (χ4n) is 1.60. The van der Waals surface area contributed by atoms with Crippen LogP contribution in [0.3, 0.4) is 0 Å². The minimum Gasteiger partial charge on any atom is -0.373 e. The lowest BCUT2D eigenvalue weighted by Crippen LogP contribution is -2.37. The summed E-state index contributed by atoms with van der Waals surface area (Å²) in [6, 6.07) is 0. The maximum Gasteiger partial charge on any atom is 0.238 e. The number of rotatable bonds is 3. The third-order valence-corrected chi connectivity index (χ3v) is 4.12. The number of ether oxygens (including phenoxy) is 1. The van der Waals surface area contributed by atoms with E-state index in [-0.39, 0.29) is 6.10 Å². The normalized spacial score (nSPS) is 37.4. The van der Waals surface area contributed by atoms with Crippen molar-refractivity contribution in [1.82, 2.24) is 0 Å². The molecule has 1 aliphatic heterocycles. The first-order valence-electron chi connectivity index (χ1n) is 4.05. The molecule has 7 heteroatoms. The first kappa shape index (κ1) is 8.80. The van der Waals surface area contributed by atoms with Gasteiger partial charge in [0.2, 0.25) is 10.0 Å². The Morgan fingerprint density at radius 1 is 1.46 bits per heavy atom. The van der Waals surface area contributed by atoms with Gasteiger partial charge in [0, 0.05) is 9.43 Å². The number of azide groups is 1. The summed E-state index contributed by atoms with van der Waals surface area (Å²) in [7, 11) is -3.56. The monoisotopic (exact) mass is 203 g/mol. The van der Waals surface area contributed by atoms with Crippen LogP contribution in [0, 0.1) is 5.92 Å². The van der Waals surface area contributed by atoms with Gasteiger partial charge in [-0.3, -0.25) is 0 Å². The van der Waals surface area contributed by atoms with Gasteiger partial charge < -0.3 is 4.74 Å². The summed E-state index contributed by atoms with van der Waals surface area (Å²) in [6.07, 6.45) is 1.41. The number of hydrogen-bond acceptors (Lipinski definition) is 3. The van der Waals surface area contributed by atoms with Crippen LogP contribution in [-0.2, 0) is 14.8 Å². The number of nitrogens with zero attached hydrogens (tertiary/aromatic N) is 3. The molecule has 2 rings (SSSR count). The van der Waals surface area contributed by atoms with E-state index in [1.165, 1.54) is 0 Å². The highest BCUT2D eigenvalue weighted by molar-refractivity contribution is 7.90. The Morgan fingerprint density at radius 2 is 2.08 bits per heavy atom. The van der Waals surface area contributed by atoms with Gasteiger partial charge in [-0.25, -0.2) is 8.42 Å². The van der Waals surface area contributed by atoms with Gasteiger partial charge in [-0.05, 0) is 24.3 Å². The molecule has 0 bridgehead atoms. The molecule has 1 aliphatic carbocycles. The van der Waals surface area contributed by atoms with Gasteiger partial charge in [-0.15, -0.1) is 0 Å². The molecule has 1 atom stereocenters. The van der Waals surface area contributed by atoms with Crippen LogP contribution in [0.2, 0.25) is 0 Å². The Kier molecular flexibility index (Phi) is 1.94. The molecule has 2 fully saturated rings. The van der Waals surface area contributed by atoms with Crippen molar-refractivity contribution >= 4 is 10.0 Å². The van der Waals surface area contributed by atoms with Crippen LogP contribution in [0.5, 0.6) is 0 Å². The maximum atomic E-state index is 11.1. The van der Waals surface area contributed by atoms with E-state index in [4.69, 9.17) is 10.3 Å². The van der Waals surface area contributed by atoms with Gasteiger partial charge in [0.05, 0.1) is 18.0 Å². The predicted octanol–water partition coefficient (Wildman–Crippen LogP) is 0.804. The second kappa shape index (κ2) is 2.87. The van der Waals surface area contributed by atoms with Gasteiger partial charge in [0.25, 0.3) is 0 Å². The summed E-state index contributed by atoms with van der Waals surface area (Å²) in [6.45, 7) is 0.749. The van der Waals surface area contributed by atoms with E-state index < -0.39 is 15.3 Å². The lowest BCUT2D eigenvalue weighted by atomic mass is 9.82. The average Bonchev–Trinajstić information content (AvgIpc) is 2.66. The number of sulfonamides is 1. The predicted molar refractivity (Wildman–Crippen MR) is 44.3 cm³/mol. The van der Waals surface area contributed by atoms with Gasteiger partial charge in [-0.1, -0.05) is 0 Å². The summed E-state index contributed by atoms with van der Waals surface area (Å²) in [5.74, 6) is 0.355. The molecule has 2 aliphatic rings. The zero-order chi connectivity index (χ0) is 9.47. The molecule has 6 nitrogen and oxygen atoms in total. The van der Waals surface area contributed by atoms with E-state index in [2.05, 4.69) is 9.43 Å². The van der Waals surface area contributed by atoms with Crippen LogP contribution in [0.25, 0.3) is 10.4 Å². The Balaban J connectivity index is 1.94. The van der Waals surface area contributed by atoms with Crippen LogP contribution in [0.1, 0.15) is 12.8 Å². The lowest BCUT2D eigenvalue weighted by molar-refractivity contribution is 0.234. The number of epoxide rings is 1. The number of hydrogen-bond donors (Lipinski definition) is 0. The highest BCUT2D eigenvalue weighted by Gasteiger charge is 2.46. The van der Waals surface area contributed by atoms with Crippen LogP contribution in [0.15, 0.2) is 4.52 Å². The molecule has 1 unspecified atom stereocenters. The molecule has 0 spiro atoms. The zero-order valence-electron chi connectivity index (χ0n) is 6.83. The summed E-state index contributed by atoms with van der Waals surface area (Å²) in [5, 5.41) is -0.474. The van der Waals surface area contributed by atoms with E-state index in [1.807, 2.05) is 0 Å². The summed E-state index contributed by atoms with van der Waals surface area (Å²) >= 11 is 0. The van der Waals surface area contributed by atoms with Gasteiger partial charge in [0.1, 0.15) is 0 Å². The van der Waals surface area contributed by atoms with Crippen molar-refractivity contribution in [3.63, 3.8) is 0 Å². The minimum absolute atomic E-state index is 0.262. The van der Waals surface area contributed by atoms with Crippen molar-refractivity contribution in [3.8, 4) is 0 Å². The fraction of sp³-hybridized carbons (Fsp3) is 1.00. The molecule has 0 amide bonds. The largest absolute Gasteiger partial charge is 0.373 e. The Morgan fingerprint density at radius 3 is 2.54 bits per heavy atom. The van der Waals surface area contributed by atoms with E-state index >= 15 is 0 Å². The lowest BCUT2D eigenvalue weighted by Gasteiger charge is -2.31. The molecule has 72 valence electrons. The molecule has 13 heavy (non-hydrogen) atoms. The van der Waals surface area contributed by atoms with E-state index in [0.717, 1.165) is 6.61 Å². The molecule has 0 radical (unpaired) electrons. The fourth-order valence-corrected chi connectivity index (χ4v) is 2.81. The highest BCUT2D eigenvalue weighted by Crippen LogP contribution is 2.40. The third-order valence-electron chi connectivity index (χ3n) is 2.59. The molecule has 1 heterocycles. The van der Waals surface area contributed by atoms with Gasteiger partial charge in [-0.2, -0.15) is 0 Å². The zero-order valence-corrected chi connectivity index (χ0v) is 7.64. The van der Waals surface area contributed by atoms with Crippen molar-refractivity contribution in [2.75, 3.05) is 6.61 Å². The van der Waals surface area contributed by atoms with Crippen LogP contribution >= 0.6 is 0 Å². The molecule has 0 aromatic carbocycles. The van der Waals surface area contributed by atoms with Crippen molar-refractivity contribution in [3.05, 3.63) is 10.4 Å². The molecule has 0 aromatic heterocycles. The highest BCUT2D eigenvalue weighted by atomic mass is 32.2. The quantitative estimate of drug-likeness (QED) is 0.294. The second-order valence-electron chi connectivity index (χ2n) is 3.41. The third kappa shape index (κ3) is 1.63. The second-order valence-corrected chi connectivity index (χ2v) is 5.27. The maximum absolute atomic E-state index is 11.1. The minimum atomic E-state index is -3.56. The first-order valence-corrected chi connectivity index (χ1v) is 5.55. The molecule has 1 saturated carbocycles. The van der Waals surface area contributed by atoms with Gasteiger partial charge >= 0.3 is 0 Å². The summed E-state index contributed by atoms with van der Waals surface area (Å²) < 4.78 is 30.1. The Bertz CT molecular complexity index is 349. The molecule has 0 N–H and O–H groups in total. The van der Waals surface area contributed by atoms with E-state index in [0.29, 0.717) is 18.8 Å². The topological polar surface area (TPSA) is 95.4 Å². The smallest absolute Gasteiger partial charge is 0.238 e. The Labute approximate surface area is 75.6 Å². The van der Waals surface area contributed by atoms with Crippen molar-refractivity contribution in [1.29, 1.82) is 0 Å². The van der Waals surface area contributed by atoms with Crippen molar-refractivity contribution < 1.29 is 13.2 Å².